The molecule has 5 rings (SSSR count). The molecule has 0 spiro atoms. The van der Waals surface area contributed by atoms with Crippen molar-refractivity contribution in [2.45, 2.75) is 46.1 Å². The van der Waals surface area contributed by atoms with Crippen molar-refractivity contribution < 1.29 is 23.8 Å². The van der Waals surface area contributed by atoms with Crippen LogP contribution in [0.25, 0.3) is 11.1 Å². The Morgan fingerprint density at radius 2 is 2.00 bits per heavy atom. The van der Waals surface area contributed by atoms with Gasteiger partial charge in [-0.15, -0.1) is 0 Å². The molecule has 38 heavy (non-hydrogen) atoms. The molecule has 0 radical (unpaired) electrons. The number of carboxylic acid groups (broad SMARTS) is 1. The van der Waals surface area contributed by atoms with Crippen LogP contribution in [0, 0.1) is 13.8 Å². The zero-order valence-corrected chi connectivity index (χ0v) is 21.5. The van der Waals surface area contributed by atoms with Gasteiger partial charge in [-0.05, 0) is 67.5 Å². The summed E-state index contributed by atoms with van der Waals surface area (Å²) in [7, 11) is 0. The van der Waals surface area contributed by atoms with E-state index < -0.39 is 5.97 Å². The largest absolute Gasteiger partial charge is 0.493 e. The normalized spacial score (nSPS) is 12.8. The molecule has 3 heterocycles. The molecule has 1 aliphatic heterocycles. The van der Waals surface area contributed by atoms with E-state index in [1.807, 2.05) is 48.4 Å². The van der Waals surface area contributed by atoms with Crippen LogP contribution in [-0.4, -0.2) is 44.9 Å². The second kappa shape index (κ2) is 10.9. The first-order chi connectivity index (χ1) is 18.4. The highest BCUT2D eigenvalue weighted by molar-refractivity contribution is 5.96. The van der Waals surface area contributed by atoms with Crippen molar-refractivity contribution in [1.29, 1.82) is 0 Å². The van der Waals surface area contributed by atoms with Gasteiger partial charge in [-0.3, -0.25) is 9.48 Å². The van der Waals surface area contributed by atoms with E-state index in [4.69, 9.17) is 14.3 Å². The minimum absolute atomic E-state index is 0.0986. The lowest BCUT2D eigenvalue weighted by Crippen LogP contribution is -2.35. The highest BCUT2D eigenvalue weighted by Gasteiger charge is 2.25. The molecule has 0 saturated carbocycles. The molecular formula is C29H30N4O5. The summed E-state index contributed by atoms with van der Waals surface area (Å²) in [6.45, 7) is 5.52. The number of nitrogens with zero attached hydrogens (tertiary/aromatic N) is 4. The van der Waals surface area contributed by atoms with Gasteiger partial charge in [0.1, 0.15) is 18.6 Å². The Hall–Kier alpha value is -4.40. The van der Waals surface area contributed by atoms with Crippen LogP contribution < -0.4 is 9.64 Å². The molecule has 0 atom stereocenters. The van der Waals surface area contributed by atoms with Crippen LogP contribution in [-0.2, 0) is 17.8 Å². The topological polar surface area (TPSA) is 111 Å². The number of hydrogen-bond donors (Lipinski definition) is 1. The van der Waals surface area contributed by atoms with Gasteiger partial charge in [-0.25, -0.2) is 9.78 Å². The van der Waals surface area contributed by atoms with Crippen molar-refractivity contribution >= 4 is 17.6 Å². The predicted molar refractivity (Wildman–Crippen MR) is 142 cm³/mol. The van der Waals surface area contributed by atoms with E-state index in [0.29, 0.717) is 26.0 Å². The van der Waals surface area contributed by atoms with E-state index in [0.717, 1.165) is 52.8 Å². The summed E-state index contributed by atoms with van der Waals surface area (Å²) in [4.78, 5) is 30.1. The lowest BCUT2D eigenvalue weighted by Gasteiger charge is -2.31. The van der Waals surface area contributed by atoms with E-state index in [-0.39, 0.29) is 24.0 Å². The van der Waals surface area contributed by atoms with Gasteiger partial charge in [0.15, 0.2) is 5.69 Å². The van der Waals surface area contributed by atoms with E-state index in [1.165, 1.54) is 5.56 Å². The van der Waals surface area contributed by atoms with Crippen molar-refractivity contribution in [3.8, 4) is 16.9 Å². The van der Waals surface area contributed by atoms with E-state index in [1.54, 1.807) is 10.9 Å². The van der Waals surface area contributed by atoms with Crippen molar-refractivity contribution in [1.82, 2.24) is 14.8 Å². The number of anilines is 1. The van der Waals surface area contributed by atoms with Crippen molar-refractivity contribution in [3.05, 3.63) is 83.3 Å². The first kappa shape index (κ1) is 25.3. The Kier molecular flexibility index (Phi) is 7.26. The molecule has 2 aromatic heterocycles. The molecule has 9 nitrogen and oxygen atoms in total. The lowest BCUT2D eigenvalue weighted by atomic mass is 9.93. The fourth-order valence-corrected chi connectivity index (χ4v) is 4.78. The number of fused-ring (bicyclic) bond motifs is 1. The number of hydrogen-bond acceptors (Lipinski definition) is 6. The van der Waals surface area contributed by atoms with Crippen LogP contribution in [0.4, 0.5) is 5.69 Å². The molecule has 1 amide bonds. The number of ether oxygens (including phenoxy) is 1. The monoisotopic (exact) mass is 514 g/mol. The first-order valence-corrected chi connectivity index (χ1v) is 12.7. The minimum atomic E-state index is -1.13. The molecule has 4 aromatic rings. The van der Waals surface area contributed by atoms with Gasteiger partial charge >= 0.3 is 5.97 Å². The first-order valence-electron chi connectivity index (χ1n) is 12.7. The summed E-state index contributed by atoms with van der Waals surface area (Å²) >= 11 is 0. The Bertz CT molecular complexity index is 1470. The molecule has 0 bridgehead atoms. The van der Waals surface area contributed by atoms with Gasteiger partial charge in [0.2, 0.25) is 11.8 Å². The van der Waals surface area contributed by atoms with Gasteiger partial charge in [-0.1, -0.05) is 24.3 Å². The lowest BCUT2D eigenvalue weighted by molar-refractivity contribution is -0.118. The van der Waals surface area contributed by atoms with Crippen LogP contribution >= 0.6 is 0 Å². The van der Waals surface area contributed by atoms with Crippen molar-refractivity contribution in [2.75, 3.05) is 18.1 Å². The maximum absolute atomic E-state index is 13.2. The number of carbonyl (C=O) groups is 2. The second-order valence-electron chi connectivity index (χ2n) is 9.46. The number of carbonyl (C=O) groups excluding carboxylic acids is 1. The number of aromatic nitrogens is 3. The number of amides is 1. The van der Waals surface area contributed by atoms with Crippen molar-refractivity contribution in [3.63, 3.8) is 0 Å². The van der Waals surface area contributed by atoms with Crippen molar-refractivity contribution in [2.24, 2.45) is 0 Å². The zero-order valence-electron chi connectivity index (χ0n) is 21.5. The molecule has 0 unspecified atom stereocenters. The molecule has 2 aromatic carbocycles. The smallest absolute Gasteiger partial charge is 0.357 e. The number of aromatic carboxylic acids is 1. The maximum Gasteiger partial charge on any atom is 0.357 e. The maximum atomic E-state index is 13.2. The Labute approximate surface area is 220 Å². The molecule has 0 fully saturated rings. The van der Waals surface area contributed by atoms with E-state index in [2.05, 4.69) is 23.1 Å². The second-order valence-corrected chi connectivity index (χ2v) is 9.46. The standard InChI is InChI=1S/C29H30N4O5/c1-19-7-3-11-26(20(19)2)37-14-6-12-28(34)33-13-5-9-23-22(8-4-10-25(23)33)21-15-30-32(16-21)17-27-31-24(18-38-27)29(35)36/h3-4,7-8,10-11,15-16,18H,5-6,9,12-14,17H2,1-2H3,(H,35,36). The fraction of sp³-hybridized carbons (Fsp3) is 0.310. The van der Waals surface area contributed by atoms with Gasteiger partial charge in [-0.2, -0.15) is 5.10 Å². The summed E-state index contributed by atoms with van der Waals surface area (Å²) in [6, 6.07) is 12.0. The van der Waals surface area contributed by atoms with Crippen LogP contribution in [0.1, 0.15) is 52.3 Å². The van der Waals surface area contributed by atoms with Gasteiger partial charge in [0, 0.05) is 30.4 Å². The number of carboxylic acids is 1. The van der Waals surface area contributed by atoms with Gasteiger partial charge in [0.05, 0.1) is 12.8 Å². The number of rotatable bonds is 9. The quantitative estimate of drug-likeness (QED) is 0.312. The zero-order chi connectivity index (χ0) is 26.6. The summed E-state index contributed by atoms with van der Waals surface area (Å²) in [6.07, 6.45) is 7.59. The van der Waals surface area contributed by atoms with E-state index in [9.17, 15) is 9.59 Å². The molecule has 1 aliphatic rings. The number of oxazole rings is 1. The number of benzene rings is 2. The number of aryl methyl sites for hydroxylation is 1. The molecule has 9 heteroatoms. The predicted octanol–water partition coefficient (Wildman–Crippen LogP) is 5.04. The third-order valence-electron chi connectivity index (χ3n) is 6.91. The molecule has 0 saturated heterocycles. The Balaban J connectivity index is 1.25. The molecule has 0 aliphatic carbocycles. The fourth-order valence-electron chi connectivity index (χ4n) is 4.78. The Morgan fingerprint density at radius 3 is 2.82 bits per heavy atom. The SMILES string of the molecule is Cc1cccc(OCCCC(=O)N2CCCc3c(-c4cnn(Cc5nc(C(=O)O)co5)c4)cccc32)c1C. The minimum Gasteiger partial charge on any atom is -0.493 e. The molecule has 196 valence electrons. The summed E-state index contributed by atoms with van der Waals surface area (Å²) in [5.41, 5.74) is 6.21. The average molecular weight is 515 g/mol. The highest BCUT2D eigenvalue weighted by Crippen LogP contribution is 2.36. The van der Waals surface area contributed by atoms with Crippen LogP contribution in [0.15, 0.2) is 59.5 Å². The third-order valence-corrected chi connectivity index (χ3v) is 6.91. The van der Waals surface area contributed by atoms with Crippen LogP contribution in [0.2, 0.25) is 0 Å². The van der Waals surface area contributed by atoms with Gasteiger partial charge < -0.3 is 19.2 Å². The molecular weight excluding hydrogens is 484 g/mol. The van der Waals surface area contributed by atoms with E-state index >= 15 is 0 Å². The Morgan fingerprint density at radius 1 is 1.16 bits per heavy atom. The summed E-state index contributed by atoms with van der Waals surface area (Å²) < 4.78 is 12.8. The molecule has 1 N–H and O–H groups in total. The average Bonchev–Trinajstić information content (AvgIpc) is 3.58. The highest BCUT2D eigenvalue weighted by atomic mass is 16.5. The summed E-state index contributed by atoms with van der Waals surface area (Å²) in [5, 5.41) is 13.4. The van der Waals surface area contributed by atoms with Crippen LogP contribution in [0.3, 0.4) is 0 Å². The van der Waals surface area contributed by atoms with Crippen LogP contribution in [0.5, 0.6) is 5.75 Å². The third kappa shape index (κ3) is 5.32. The summed E-state index contributed by atoms with van der Waals surface area (Å²) in [5.74, 6) is 0.105. The van der Waals surface area contributed by atoms with Gasteiger partial charge in [0.25, 0.3) is 0 Å².